The maximum atomic E-state index is 11.2. The summed E-state index contributed by atoms with van der Waals surface area (Å²) in [4.78, 5) is 1.80. The molecule has 32 heavy (non-hydrogen) atoms. The Labute approximate surface area is 193 Å². The molecule has 4 heteroatoms. The number of hydrogen-bond donors (Lipinski definition) is 1. The first-order valence-corrected chi connectivity index (χ1v) is 13.2. The van der Waals surface area contributed by atoms with Crippen molar-refractivity contribution in [2.24, 2.45) is 46.8 Å². The van der Waals surface area contributed by atoms with E-state index < -0.39 is 5.60 Å². The molecule has 172 valence electrons. The van der Waals surface area contributed by atoms with Gasteiger partial charge in [-0.3, -0.25) is 0 Å². The van der Waals surface area contributed by atoms with Crippen LogP contribution in [0.15, 0.2) is 24.5 Å². The Balaban J connectivity index is 1.15. The van der Waals surface area contributed by atoms with Gasteiger partial charge in [0.05, 0.1) is 18.9 Å². The molecular formula is C28H39N3O. The Hall–Kier alpha value is -1.60. The van der Waals surface area contributed by atoms with Crippen molar-refractivity contribution < 1.29 is 5.11 Å². The number of hydrogen-bond acceptors (Lipinski definition) is 3. The van der Waals surface area contributed by atoms with Crippen molar-refractivity contribution in [2.75, 3.05) is 0 Å². The fourth-order valence-electron chi connectivity index (χ4n) is 8.74. The lowest BCUT2D eigenvalue weighted by atomic mass is 9.48. The van der Waals surface area contributed by atoms with E-state index >= 15 is 0 Å². The quantitative estimate of drug-likeness (QED) is 0.523. The smallest absolute Gasteiger partial charge is 0.125 e. The molecule has 5 aliphatic carbocycles. The summed E-state index contributed by atoms with van der Waals surface area (Å²) >= 11 is 0. The molecule has 5 fully saturated rings. The largest absolute Gasteiger partial charge is 0.378 e. The molecule has 4 nitrogen and oxygen atoms in total. The Morgan fingerprint density at radius 1 is 1.00 bits per heavy atom. The lowest BCUT2D eigenvalue weighted by Gasteiger charge is -2.57. The van der Waals surface area contributed by atoms with Crippen molar-refractivity contribution in [3.8, 4) is 11.8 Å². The summed E-state index contributed by atoms with van der Waals surface area (Å²) in [6.45, 7) is 7.87. The van der Waals surface area contributed by atoms with Crippen LogP contribution in [0.25, 0.3) is 0 Å². The summed E-state index contributed by atoms with van der Waals surface area (Å²) in [5.74, 6) is 12.0. The number of allylic oxidation sites excluding steroid dienone is 1. The Morgan fingerprint density at radius 2 is 1.78 bits per heavy atom. The summed E-state index contributed by atoms with van der Waals surface area (Å²) in [6, 6.07) is 0. The molecule has 8 atom stereocenters. The number of aromatic nitrogens is 3. The van der Waals surface area contributed by atoms with Crippen molar-refractivity contribution in [3.05, 3.63) is 24.5 Å². The second kappa shape index (κ2) is 7.73. The molecule has 1 aromatic rings. The topological polar surface area (TPSA) is 50.9 Å². The van der Waals surface area contributed by atoms with Crippen molar-refractivity contribution in [3.63, 3.8) is 0 Å². The van der Waals surface area contributed by atoms with E-state index in [1.807, 2.05) is 0 Å². The zero-order valence-electron chi connectivity index (χ0n) is 19.7. The Morgan fingerprint density at radius 3 is 2.56 bits per heavy atom. The third kappa shape index (κ3) is 3.56. The Kier molecular flexibility index (Phi) is 5.06. The molecule has 1 heterocycles. The summed E-state index contributed by atoms with van der Waals surface area (Å²) in [5.41, 5.74) is 1.02. The van der Waals surface area contributed by atoms with Gasteiger partial charge in [-0.25, -0.2) is 0 Å². The van der Waals surface area contributed by atoms with Gasteiger partial charge >= 0.3 is 0 Å². The van der Waals surface area contributed by atoms with Crippen LogP contribution in [0.2, 0.25) is 0 Å². The van der Waals surface area contributed by atoms with Gasteiger partial charge in [-0.05, 0) is 112 Å². The highest BCUT2D eigenvalue weighted by molar-refractivity contribution is 5.21. The third-order valence-electron chi connectivity index (χ3n) is 10.4. The predicted octanol–water partition coefficient (Wildman–Crippen LogP) is 5.25. The second-order valence-electron chi connectivity index (χ2n) is 12.1. The SMILES string of the molecule is C=C(Cn1nccn1)[C@H]1CC[C@H]2[C@@H]3CC[C@H]4C[C@](O)(C#CC5CC5)CC[C@@H]4[C@H]3CC[C@]12C. The minimum atomic E-state index is -0.698. The van der Waals surface area contributed by atoms with Crippen molar-refractivity contribution >= 4 is 0 Å². The van der Waals surface area contributed by atoms with Gasteiger partial charge in [0.15, 0.2) is 0 Å². The maximum absolute atomic E-state index is 11.2. The standard InChI is InChI=1S/C28H39N3O/c1-19(18-31-29-15-16-30-31)25-7-8-26-24-6-5-21-17-28(32,13-9-20-3-4-20)14-11-22(21)23(24)10-12-27(25,26)2/h15-16,20-26,32H,1,3-8,10-12,14,17-18H2,2H3/t21-,22-,23+,24+,25+,26-,27+,28-/m0/s1. The van der Waals surface area contributed by atoms with E-state index in [1.54, 1.807) is 17.2 Å². The van der Waals surface area contributed by atoms with Crippen LogP contribution in [-0.2, 0) is 6.54 Å². The molecule has 0 saturated heterocycles. The zero-order valence-corrected chi connectivity index (χ0v) is 19.7. The van der Waals surface area contributed by atoms with Gasteiger partial charge < -0.3 is 5.11 Å². The normalized spacial score (nSPS) is 45.2. The van der Waals surface area contributed by atoms with Crippen LogP contribution in [0.3, 0.4) is 0 Å². The highest BCUT2D eigenvalue weighted by atomic mass is 16.3. The molecule has 0 amide bonds. The molecule has 0 aliphatic heterocycles. The van der Waals surface area contributed by atoms with Crippen LogP contribution in [0.1, 0.15) is 77.6 Å². The van der Waals surface area contributed by atoms with E-state index in [0.29, 0.717) is 23.2 Å². The first-order chi connectivity index (χ1) is 15.5. The molecule has 5 aliphatic rings. The molecule has 0 spiro atoms. The van der Waals surface area contributed by atoms with Gasteiger partial charge in [-0.2, -0.15) is 15.0 Å². The summed E-state index contributed by atoms with van der Waals surface area (Å²) < 4.78 is 0. The summed E-state index contributed by atoms with van der Waals surface area (Å²) in [6.07, 6.45) is 17.0. The molecular weight excluding hydrogens is 394 g/mol. The van der Waals surface area contributed by atoms with Gasteiger partial charge in [-0.15, -0.1) is 0 Å². The fourth-order valence-corrected chi connectivity index (χ4v) is 8.74. The molecule has 1 aromatic heterocycles. The van der Waals surface area contributed by atoms with Gasteiger partial charge in [0.25, 0.3) is 0 Å². The van der Waals surface area contributed by atoms with Crippen molar-refractivity contribution in [2.45, 2.75) is 89.7 Å². The van der Waals surface area contributed by atoms with Crippen molar-refractivity contribution in [1.29, 1.82) is 0 Å². The van der Waals surface area contributed by atoms with Gasteiger partial charge in [-0.1, -0.05) is 30.9 Å². The Bertz CT molecular complexity index is 924. The molecule has 1 N–H and O–H groups in total. The van der Waals surface area contributed by atoms with Gasteiger partial charge in [0.1, 0.15) is 5.60 Å². The first-order valence-electron chi connectivity index (χ1n) is 13.2. The average molecular weight is 434 g/mol. The van der Waals surface area contributed by atoms with Crippen LogP contribution in [0.5, 0.6) is 0 Å². The molecule has 0 bridgehead atoms. The minimum absolute atomic E-state index is 0.392. The van der Waals surface area contributed by atoms with Gasteiger partial charge in [0.2, 0.25) is 0 Å². The molecule has 6 rings (SSSR count). The summed E-state index contributed by atoms with van der Waals surface area (Å²) in [7, 11) is 0. The fraction of sp³-hybridized carbons (Fsp3) is 0.786. The lowest BCUT2D eigenvalue weighted by Crippen LogP contribution is -2.50. The number of fused-ring (bicyclic) bond motifs is 5. The van der Waals surface area contributed by atoms with Crippen LogP contribution in [0.4, 0.5) is 0 Å². The third-order valence-corrected chi connectivity index (χ3v) is 10.4. The molecule has 0 unspecified atom stereocenters. The van der Waals surface area contributed by atoms with E-state index in [2.05, 4.69) is 35.5 Å². The zero-order chi connectivity index (χ0) is 21.9. The molecule has 0 radical (unpaired) electrons. The van der Waals surface area contributed by atoms with E-state index in [9.17, 15) is 5.11 Å². The lowest BCUT2D eigenvalue weighted by molar-refractivity contribution is -0.0875. The van der Waals surface area contributed by atoms with E-state index in [1.165, 1.54) is 63.4 Å². The summed E-state index contributed by atoms with van der Waals surface area (Å²) in [5, 5.41) is 19.8. The van der Waals surface area contributed by atoms with Crippen LogP contribution >= 0.6 is 0 Å². The highest BCUT2D eigenvalue weighted by Gasteiger charge is 2.58. The minimum Gasteiger partial charge on any atom is -0.378 e. The molecule has 0 aromatic carbocycles. The van der Waals surface area contributed by atoms with E-state index in [4.69, 9.17) is 0 Å². The first kappa shape index (κ1) is 21.0. The van der Waals surface area contributed by atoms with Gasteiger partial charge in [0, 0.05) is 5.92 Å². The van der Waals surface area contributed by atoms with E-state index in [0.717, 1.165) is 43.1 Å². The average Bonchev–Trinajstić information content (AvgIpc) is 3.34. The second-order valence-corrected chi connectivity index (χ2v) is 12.1. The van der Waals surface area contributed by atoms with Crippen molar-refractivity contribution in [1.82, 2.24) is 15.0 Å². The number of rotatable bonds is 3. The monoisotopic (exact) mass is 433 g/mol. The number of nitrogens with zero attached hydrogens (tertiary/aromatic N) is 3. The highest BCUT2D eigenvalue weighted by Crippen LogP contribution is 2.65. The van der Waals surface area contributed by atoms with E-state index in [-0.39, 0.29) is 0 Å². The van der Waals surface area contributed by atoms with Crippen LogP contribution in [0, 0.1) is 58.7 Å². The number of aliphatic hydroxyl groups is 1. The van der Waals surface area contributed by atoms with Crippen LogP contribution < -0.4 is 0 Å². The predicted molar refractivity (Wildman–Crippen MR) is 125 cm³/mol. The maximum Gasteiger partial charge on any atom is 0.125 e. The van der Waals surface area contributed by atoms with Crippen LogP contribution in [-0.4, -0.2) is 25.7 Å². The molecule has 5 saturated carbocycles.